The van der Waals surface area contributed by atoms with Crippen LogP contribution < -0.4 is 5.32 Å². The molecule has 0 fully saturated rings. The lowest BCUT2D eigenvalue weighted by atomic mass is 9.82. The highest BCUT2D eigenvalue weighted by atomic mass is 32.1. The zero-order valence-corrected chi connectivity index (χ0v) is 17.1. The zero-order valence-electron chi connectivity index (χ0n) is 16.3. The fraction of sp³-hybridized carbons (Fsp3) is 0.318. The zero-order chi connectivity index (χ0) is 21.0. The third-order valence-electron chi connectivity index (χ3n) is 4.92. The maximum absolute atomic E-state index is 12.9. The number of carbonyl (C=O) groups excluding carboxylic acids is 2. The number of hydrogen-bond donors (Lipinski definition) is 2. The Morgan fingerprint density at radius 2 is 1.93 bits per heavy atom. The van der Waals surface area contributed by atoms with E-state index >= 15 is 0 Å². The molecule has 0 saturated carbocycles. The van der Waals surface area contributed by atoms with Crippen molar-refractivity contribution in [1.82, 2.24) is 0 Å². The molecule has 7 heteroatoms. The van der Waals surface area contributed by atoms with Crippen LogP contribution in [0.1, 0.15) is 35.7 Å². The summed E-state index contributed by atoms with van der Waals surface area (Å²) in [5.74, 6) is -3.37. The average molecular weight is 413 g/mol. The number of allylic oxidation sites excluding steroid dienone is 2. The van der Waals surface area contributed by atoms with Gasteiger partial charge in [-0.3, -0.25) is 9.59 Å². The third kappa shape index (κ3) is 4.56. The fourth-order valence-corrected chi connectivity index (χ4v) is 4.42. The average Bonchev–Trinajstić information content (AvgIpc) is 3.11. The summed E-state index contributed by atoms with van der Waals surface area (Å²) < 4.78 is 5.22. The molecule has 0 unspecified atom stereocenters. The van der Waals surface area contributed by atoms with Crippen LogP contribution in [0.5, 0.6) is 0 Å². The Morgan fingerprint density at radius 1 is 1.21 bits per heavy atom. The Morgan fingerprint density at radius 3 is 2.59 bits per heavy atom. The van der Waals surface area contributed by atoms with E-state index in [4.69, 9.17) is 4.74 Å². The number of carboxylic acids is 1. The third-order valence-corrected chi connectivity index (χ3v) is 5.82. The van der Waals surface area contributed by atoms with Crippen molar-refractivity contribution in [2.24, 2.45) is 11.8 Å². The smallest absolute Gasteiger partial charge is 0.341 e. The van der Waals surface area contributed by atoms with Crippen LogP contribution in [0, 0.1) is 18.8 Å². The number of esters is 1. The van der Waals surface area contributed by atoms with Gasteiger partial charge in [0, 0.05) is 10.9 Å². The van der Waals surface area contributed by atoms with Gasteiger partial charge in [-0.2, -0.15) is 0 Å². The summed E-state index contributed by atoms with van der Waals surface area (Å²) in [6.07, 6.45) is 4.28. The van der Waals surface area contributed by atoms with Gasteiger partial charge in [-0.05, 0) is 32.3 Å². The number of benzene rings is 1. The van der Waals surface area contributed by atoms with Crippen molar-refractivity contribution < 1.29 is 24.2 Å². The van der Waals surface area contributed by atoms with Gasteiger partial charge in [0.15, 0.2) is 0 Å². The fourth-order valence-electron chi connectivity index (χ4n) is 3.46. The van der Waals surface area contributed by atoms with Crippen LogP contribution in [-0.4, -0.2) is 29.6 Å². The number of amides is 1. The Kier molecular flexibility index (Phi) is 6.49. The molecular formula is C22H23NO5S. The normalized spacial score (nSPS) is 18.3. The first-order valence-electron chi connectivity index (χ1n) is 9.46. The molecule has 2 atom stereocenters. The highest BCUT2D eigenvalue weighted by Gasteiger charge is 2.35. The molecule has 2 N–H and O–H groups in total. The van der Waals surface area contributed by atoms with Gasteiger partial charge in [0.05, 0.1) is 18.4 Å². The minimum Gasteiger partial charge on any atom is -0.481 e. The molecule has 1 aliphatic carbocycles. The number of anilines is 1. The van der Waals surface area contributed by atoms with Crippen LogP contribution in [-0.2, 0) is 14.3 Å². The lowest BCUT2D eigenvalue weighted by Gasteiger charge is -2.24. The topological polar surface area (TPSA) is 92.7 Å². The maximum Gasteiger partial charge on any atom is 0.341 e. The second kappa shape index (κ2) is 9.05. The molecule has 0 spiro atoms. The van der Waals surface area contributed by atoms with Crippen molar-refractivity contribution in [3.63, 3.8) is 0 Å². The van der Waals surface area contributed by atoms with E-state index in [1.54, 1.807) is 13.0 Å². The van der Waals surface area contributed by atoms with Crippen molar-refractivity contribution in [3.05, 3.63) is 52.9 Å². The van der Waals surface area contributed by atoms with Crippen LogP contribution >= 0.6 is 11.3 Å². The van der Waals surface area contributed by atoms with Crippen LogP contribution in [0.25, 0.3) is 11.1 Å². The first kappa shape index (κ1) is 20.8. The quantitative estimate of drug-likeness (QED) is 0.537. The van der Waals surface area contributed by atoms with Crippen LogP contribution in [0.4, 0.5) is 5.00 Å². The first-order chi connectivity index (χ1) is 13.9. The number of rotatable bonds is 6. The highest BCUT2D eigenvalue weighted by Crippen LogP contribution is 2.37. The van der Waals surface area contributed by atoms with Crippen molar-refractivity contribution in [2.45, 2.75) is 26.7 Å². The molecule has 6 nitrogen and oxygen atoms in total. The number of ether oxygens (including phenoxy) is 1. The van der Waals surface area contributed by atoms with Crippen molar-refractivity contribution in [1.29, 1.82) is 0 Å². The van der Waals surface area contributed by atoms with Crippen molar-refractivity contribution in [2.75, 3.05) is 11.9 Å². The minimum absolute atomic E-state index is 0.212. The summed E-state index contributed by atoms with van der Waals surface area (Å²) in [5, 5.41) is 14.4. The van der Waals surface area contributed by atoms with E-state index in [0.717, 1.165) is 11.1 Å². The Bertz CT molecular complexity index is 962. The van der Waals surface area contributed by atoms with Gasteiger partial charge in [-0.25, -0.2) is 4.79 Å². The molecular weight excluding hydrogens is 390 g/mol. The number of carboxylic acid groups (broad SMARTS) is 1. The monoisotopic (exact) mass is 413 g/mol. The molecule has 0 radical (unpaired) electrons. The number of hydrogen-bond acceptors (Lipinski definition) is 5. The summed E-state index contributed by atoms with van der Waals surface area (Å²) >= 11 is 1.23. The summed E-state index contributed by atoms with van der Waals surface area (Å²) in [6, 6.07) is 7.73. The van der Waals surface area contributed by atoms with Gasteiger partial charge >= 0.3 is 11.9 Å². The van der Waals surface area contributed by atoms with Crippen molar-refractivity contribution in [3.8, 4) is 11.1 Å². The molecule has 1 amide bonds. The SMILES string of the molecule is CCOC(=O)c1c(-c2cccc(C)c2)csc1NC(=O)[C@@H]1CC=CC[C@@H]1C(=O)O. The molecule has 29 heavy (non-hydrogen) atoms. The Balaban J connectivity index is 1.94. The predicted molar refractivity (Wildman–Crippen MR) is 112 cm³/mol. The Hall–Kier alpha value is -2.93. The van der Waals surface area contributed by atoms with Gasteiger partial charge in [0.25, 0.3) is 0 Å². The number of nitrogens with one attached hydrogen (secondary N) is 1. The maximum atomic E-state index is 12.9. The molecule has 152 valence electrons. The van der Waals surface area contributed by atoms with Crippen LogP contribution in [0.3, 0.4) is 0 Å². The second-order valence-corrected chi connectivity index (χ2v) is 7.81. The molecule has 1 aromatic carbocycles. The van der Waals surface area contributed by atoms with E-state index in [9.17, 15) is 19.5 Å². The van der Waals surface area contributed by atoms with E-state index in [0.29, 0.717) is 29.0 Å². The second-order valence-electron chi connectivity index (χ2n) is 6.93. The largest absolute Gasteiger partial charge is 0.481 e. The predicted octanol–water partition coefficient (Wildman–Crippen LogP) is 4.51. The number of aryl methyl sites for hydroxylation is 1. The van der Waals surface area contributed by atoms with E-state index in [1.165, 1.54) is 11.3 Å². The summed E-state index contributed by atoms with van der Waals surface area (Å²) in [4.78, 5) is 37.0. The highest BCUT2D eigenvalue weighted by molar-refractivity contribution is 7.15. The number of thiophene rings is 1. The van der Waals surface area contributed by atoms with E-state index in [1.807, 2.05) is 42.6 Å². The van der Waals surface area contributed by atoms with Gasteiger partial charge < -0.3 is 15.2 Å². The first-order valence-corrected chi connectivity index (χ1v) is 10.3. The number of carbonyl (C=O) groups is 3. The summed E-state index contributed by atoms with van der Waals surface area (Å²) in [5.41, 5.74) is 2.89. The van der Waals surface area contributed by atoms with E-state index in [2.05, 4.69) is 5.32 Å². The summed E-state index contributed by atoms with van der Waals surface area (Å²) in [7, 11) is 0. The molecule has 3 rings (SSSR count). The molecule has 1 aliphatic rings. The van der Waals surface area contributed by atoms with Crippen molar-refractivity contribution >= 4 is 34.2 Å². The summed E-state index contributed by atoms with van der Waals surface area (Å²) in [6.45, 7) is 3.90. The van der Waals surface area contributed by atoms with Gasteiger partial charge in [0.1, 0.15) is 10.6 Å². The van der Waals surface area contributed by atoms with Gasteiger partial charge in [-0.15, -0.1) is 11.3 Å². The minimum atomic E-state index is -0.994. The molecule has 0 aliphatic heterocycles. The van der Waals surface area contributed by atoms with Crippen LogP contribution in [0.15, 0.2) is 41.8 Å². The molecule has 2 aromatic rings. The van der Waals surface area contributed by atoms with E-state index < -0.39 is 29.7 Å². The Labute approximate surface area is 173 Å². The van der Waals surface area contributed by atoms with Crippen LogP contribution in [0.2, 0.25) is 0 Å². The lowest BCUT2D eigenvalue weighted by Crippen LogP contribution is -2.34. The molecule has 1 aromatic heterocycles. The number of aliphatic carboxylic acids is 1. The lowest BCUT2D eigenvalue weighted by molar-refractivity contribution is -0.146. The van der Waals surface area contributed by atoms with E-state index in [-0.39, 0.29) is 6.61 Å². The van der Waals surface area contributed by atoms with Gasteiger partial charge in [-0.1, -0.05) is 42.0 Å². The standard InChI is InChI=1S/C22H23NO5S/c1-3-28-22(27)18-17(14-8-6-7-13(2)11-14)12-29-20(18)23-19(24)15-9-4-5-10-16(15)21(25)26/h4-8,11-12,15-16H,3,9-10H2,1-2H3,(H,23,24)(H,25,26)/t15-,16+/m1/s1. The van der Waals surface area contributed by atoms with Gasteiger partial charge in [0.2, 0.25) is 5.91 Å². The molecule has 1 heterocycles. The molecule has 0 bridgehead atoms. The molecule has 0 saturated heterocycles.